The minimum Gasteiger partial charge on any atom is -0.492 e. The topological polar surface area (TPSA) is 76.4 Å². The van der Waals surface area contributed by atoms with Crippen molar-refractivity contribution in [3.8, 4) is 5.75 Å². The summed E-state index contributed by atoms with van der Waals surface area (Å²) < 4.78 is 7.97. The predicted octanol–water partition coefficient (Wildman–Crippen LogP) is 3.76. The number of aliphatic imine (C=N–C) groups is 1. The molecule has 0 fully saturated rings. The van der Waals surface area contributed by atoms with E-state index >= 15 is 0 Å². The molecule has 1 aromatic heterocycles. The van der Waals surface area contributed by atoms with E-state index < -0.39 is 0 Å². The Kier molecular flexibility index (Phi) is 12.8. The van der Waals surface area contributed by atoms with E-state index in [0.29, 0.717) is 19.1 Å². The molecule has 2 aromatic rings. The van der Waals surface area contributed by atoms with Gasteiger partial charge in [0.15, 0.2) is 11.1 Å². The Morgan fingerprint density at radius 3 is 2.50 bits per heavy atom. The molecule has 7 nitrogen and oxygen atoms in total. The summed E-state index contributed by atoms with van der Waals surface area (Å²) in [5.41, 5.74) is 1.23. The van der Waals surface area contributed by atoms with Crippen molar-refractivity contribution in [2.45, 2.75) is 45.3 Å². The van der Waals surface area contributed by atoms with Gasteiger partial charge in [-0.2, -0.15) is 0 Å². The van der Waals surface area contributed by atoms with Crippen molar-refractivity contribution < 1.29 is 4.74 Å². The van der Waals surface area contributed by atoms with Crippen LogP contribution in [0, 0.1) is 12.8 Å². The molecule has 1 heterocycles. The molecule has 9 heteroatoms. The van der Waals surface area contributed by atoms with Crippen molar-refractivity contribution >= 4 is 41.7 Å². The Morgan fingerprint density at radius 2 is 1.87 bits per heavy atom. The van der Waals surface area contributed by atoms with Crippen molar-refractivity contribution in [1.29, 1.82) is 0 Å². The molecule has 0 saturated heterocycles. The van der Waals surface area contributed by atoms with E-state index in [1.54, 1.807) is 18.8 Å². The number of nitrogens with zero attached hydrogens (tertiary/aromatic N) is 4. The average molecular weight is 547 g/mol. The number of guanidine groups is 1. The van der Waals surface area contributed by atoms with Crippen LogP contribution in [0.1, 0.15) is 31.7 Å². The third kappa shape index (κ3) is 9.11. The van der Waals surface area contributed by atoms with Crippen molar-refractivity contribution in [3.05, 3.63) is 35.7 Å². The van der Waals surface area contributed by atoms with Crippen LogP contribution in [0.2, 0.25) is 0 Å². The summed E-state index contributed by atoms with van der Waals surface area (Å²) in [5.74, 6) is 3.29. The highest BCUT2D eigenvalue weighted by Crippen LogP contribution is 2.16. The zero-order chi connectivity index (χ0) is 21.1. The first-order valence-electron chi connectivity index (χ1n) is 10.1. The summed E-state index contributed by atoms with van der Waals surface area (Å²) in [4.78, 5) is 4.27. The summed E-state index contributed by atoms with van der Waals surface area (Å²) in [6.07, 6.45) is 3.90. The van der Waals surface area contributed by atoms with E-state index in [4.69, 9.17) is 4.74 Å². The maximum atomic E-state index is 5.73. The van der Waals surface area contributed by atoms with Gasteiger partial charge in [-0.3, -0.25) is 4.99 Å². The Balaban J connectivity index is 0.00000450. The molecule has 0 aliphatic rings. The van der Waals surface area contributed by atoms with E-state index in [0.717, 1.165) is 48.6 Å². The maximum Gasteiger partial charge on any atom is 0.191 e. The van der Waals surface area contributed by atoms with Crippen molar-refractivity contribution in [2.75, 3.05) is 33.0 Å². The zero-order valence-electron chi connectivity index (χ0n) is 18.6. The van der Waals surface area contributed by atoms with Crippen LogP contribution < -0.4 is 15.4 Å². The molecular weight excluding hydrogens is 511 g/mol. The summed E-state index contributed by atoms with van der Waals surface area (Å²) in [7, 11) is 1.78. The lowest BCUT2D eigenvalue weighted by Gasteiger charge is -2.13. The highest BCUT2D eigenvalue weighted by atomic mass is 127. The second-order valence-electron chi connectivity index (χ2n) is 7.30. The van der Waals surface area contributed by atoms with E-state index in [1.165, 1.54) is 5.56 Å². The normalized spacial score (nSPS) is 11.3. The highest BCUT2D eigenvalue weighted by molar-refractivity contribution is 14.0. The van der Waals surface area contributed by atoms with Gasteiger partial charge in [0.05, 0.1) is 6.54 Å². The number of nitrogens with one attached hydrogen (secondary N) is 2. The van der Waals surface area contributed by atoms with Gasteiger partial charge in [0.25, 0.3) is 0 Å². The van der Waals surface area contributed by atoms with E-state index in [9.17, 15) is 0 Å². The molecule has 0 amide bonds. The fourth-order valence-electron chi connectivity index (χ4n) is 2.85. The lowest BCUT2D eigenvalue weighted by Crippen LogP contribution is -2.39. The number of benzene rings is 1. The fraction of sp³-hybridized carbons (Fsp3) is 0.571. The van der Waals surface area contributed by atoms with Gasteiger partial charge < -0.3 is 19.9 Å². The van der Waals surface area contributed by atoms with Crippen LogP contribution in [0.5, 0.6) is 5.75 Å². The molecule has 1 aromatic carbocycles. The van der Waals surface area contributed by atoms with Crippen molar-refractivity contribution in [3.63, 3.8) is 0 Å². The third-order valence-electron chi connectivity index (χ3n) is 4.30. The first kappa shape index (κ1) is 26.5. The average Bonchev–Trinajstić information content (AvgIpc) is 3.09. The highest BCUT2D eigenvalue weighted by Gasteiger charge is 2.12. The second kappa shape index (κ2) is 14.5. The molecule has 0 atom stereocenters. The quantitative estimate of drug-likeness (QED) is 0.147. The number of halogens is 1. The molecule has 0 bridgehead atoms. The largest absolute Gasteiger partial charge is 0.492 e. The minimum atomic E-state index is 0. The Labute approximate surface area is 201 Å². The van der Waals surface area contributed by atoms with Crippen LogP contribution in [0.25, 0.3) is 0 Å². The smallest absolute Gasteiger partial charge is 0.191 e. The molecule has 0 aliphatic carbocycles. The number of hydrogen-bond acceptors (Lipinski definition) is 5. The first-order chi connectivity index (χ1) is 14.0. The number of hydrogen-bond donors (Lipinski definition) is 2. The third-order valence-corrected chi connectivity index (χ3v) is 4.97. The first-order valence-corrected chi connectivity index (χ1v) is 11.4. The Bertz CT molecular complexity index is 763. The molecule has 168 valence electrons. The number of rotatable bonds is 11. The van der Waals surface area contributed by atoms with Crippen LogP contribution in [0.15, 0.2) is 34.4 Å². The van der Waals surface area contributed by atoms with Gasteiger partial charge in [-0.15, -0.1) is 34.2 Å². The van der Waals surface area contributed by atoms with Crippen molar-refractivity contribution in [1.82, 2.24) is 25.4 Å². The Morgan fingerprint density at radius 1 is 1.17 bits per heavy atom. The maximum absolute atomic E-state index is 5.73. The SMILES string of the molecule is CN=C(NCCCc1nnc(SC)n1CC(C)C)NCCOc1ccc(C)cc1.I. The van der Waals surface area contributed by atoms with Gasteiger partial charge in [-0.1, -0.05) is 43.3 Å². The second-order valence-corrected chi connectivity index (χ2v) is 8.07. The molecule has 0 radical (unpaired) electrons. The summed E-state index contributed by atoms with van der Waals surface area (Å²) in [6.45, 7) is 9.54. The van der Waals surface area contributed by atoms with Gasteiger partial charge in [-0.25, -0.2) is 0 Å². The number of thioether (sulfide) groups is 1. The lowest BCUT2D eigenvalue weighted by molar-refractivity contribution is 0.322. The minimum absolute atomic E-state index is 0. The van der Waals surface area contributed by atoms with E-state index in [-0.39, 0.29) is 24.0 Å². The molecular formula is C21H35IN6OS. The number of aromatic nitrogens is 3. The number of aryl methyl sites for hydroxylation is 2. The molecule has 2 N–H and O–H groups in total. The monoisotopic (exact) mass is 546 g/mol. The molecule has 0 aliphatic heterocycles. The standard InChI is InChI=1S/C21H34N6OS.HI/c1-16(2)15-27-19(25-26-21(27)29-5)7-6-12-23-20(22-4)24-13-14-28-18-10-8-17(3)9-11-18;/h8-11,16H,6-7,12-15H2,1-5H3,(H2,22,23,24);1H. The molecule has 0 unspecified atom stereocenters. The molecule has 0 saturated carbocycles. The Hall–Kier alpha value is -1.49. The van der Waals surface area contributed by atoms with Crippen LogP contribution in [0.4, 0.5) is 0 Å². The summed E-state index contributed by atoms with van der Waals surface area (Å²) in [6, 6.07) is 8.08. The summed E-state index contributed by atoms with van der Waals surface area (Å²) >= 11 is 1.65. The van der Waals surface area contributed by atoms with Gasteiger partial charge in [0, 0.05) is 26.6 Å². The predicted molar refractivity (Wildman–Crippen MR) is 136 cm³/mol. The van der Waals surface area contributed by atoms with Crippen LogP contribution >= 0.6 is 35.7 Å². The van der Waals surface area contributed by atoms with Crippen molar-refractivity contribution in [2.24, 2.45) is 10.9 Å². The molecule has 0 spiro atoms. The molecule has 2 rings (SSSR count). The van der Waals surface area contributed by atoms with Gasteiger partial charge >= 0.3 is 0 Å². The van der Waals surface area contributed by atoms with Gasteiger partial charge in [-0.05, 0) is 37.7 Å². The molecule has 30 heavy (non-hydrogen) atoms. The van der Waals surface area contributed by atoms with Crippen LogP contribution in [-0.2, 0) is 13.0 Å². The van der Waals surface area contributed by atoms with Crippen LogP contribution in [-0.4, -0.2) is 53.7 Å². The van der Waals surface area contributed by atoms with Gasteiger partial charge in [0.1, 0.15) is 18.2 Å². The van der Waals surface area contributed by atoms with E-state index in [1.807, 2.05) is 30.5 Å². The fourth-order valence-corrected chi connectivity index (χ4v) is 3.37. The number of ether oxygens (including phenoxy) is 1. The van der Waals surface area contributed by atoms with Crippen LogP contribution in [0.3, 0.4) is 0 Å². The summed E-state index contributed by atoms with van der Waals surface area (Å²) in [5, 5.41) is 16.3. The van der Waals surface area contributed by atoms with E-state index in [2.05, 4.69) is 51.2 Å². The van der Waals surface area contributed by atoms with Gasteiger partial charge in [0.2, 0.25) is 0 Å². The lowest BCUT2D eigenvalue weighted by atomic mass is 10.2. The zero-order valence-corrected chi connectivity index (χ0v) is 21.8.